The second kappa shape index (κ2) is 8.93. The lowest BCUT2D eigenvalue weighted by Gasteiger charge is -2.36. The van der Waals surface area contributed by atoms with Crippen molar-refractivity contribution in [2.45, 2.75) is 13.0 Å². The first kappa shape index (κ1) is 20.5. The summed E-state index contributed by atoms with van der Waals surface area (Å²) >= 11 is 1.35. The summed E-state index contributed by atoms with van der Waals surface area (Å²) in [6.45, 7) is 5.57. The van der Waals surface area contributed by atoms with E-state index in [0.29, 0.717) is 4.88 Å². The summed E-state index contributed by atoms with van der Waals surface area (Å²) in [7, 11) is 2.10. The molecule has 1 aromatic heterocycles. The van der Waals surface area contributed by atoms with Crippen LogP contribution in [0.2, 0.25) is 0 Å². The summed E-state index contributed by atoms with van der Waals surface area (Å²) < 4.78 is 14.0. The standard InChI is InChI=1S/C23H25FN4OS/c1-16(19-14-18(24)8-9-20(19)28-12-10-27(2)11-13-28)26-22(29)21-15-25-23(30-21)17-6-4-3-5-7-17/h3-9,14-16H,10-13H2,1-2H3,(H,26,29). The Morgan fingerprint density at radius 3 is 2.60 bits per heavy atom. The van der Waals surface area contributed by atoms with Crippen LogP contribution in [0.5, 0.6) is 0 Å². The van der Waals surface area contributed by atoms with Crippen molar-refractivity contribution in [3.8, 4) is 10.6 Å². The summed E-state index contributed by atoms with van der Waals surface area (Å²) in [4.78, 5) is 22.3. The van der Waals surface area contributed by atoms with Crippen LogP contribution in [-0.2, 0) is 0 Å². The molecule has 1 atom stereocenters. The molecule has 1 unspecified atom stereocenters. The van der Waals surface area contributed by atoms with E-state index in [0.717, 1.165) is 48.0 Å². The molecule has 156 valence electrons. The third kappa shape index (κ3) is 4.52. The molecule has 30 heavy (non-hydrogen) atoms. The van der Waals surface area contributed by atoms with Crippen molar-refractivity contribution in [3.05, 3.63) is 71.0 Å². The van der Waals surface area contributed by atoms with Gasteiger partial charge in [0.15, 0.2) is 0 Å². The lowest BCUT2D eigenvalue weighted by molar-refractivity contribution is 0.0943. The summed E-state index contributed by atoms with van der Waals surface area (Å²) in [5, 5.41) is 3.82. The molecule has 5 nitrogen and oxygen atoms in total. The number of aromatic nitrogens is 1. The predicted octanol–water partition coefficient (Wildman–Crippen LogP) is 4.19. The molecule has 7 heteroatoms. The fourth-order valence-corrected chi connectivity index (χ4v) is 4.47. The lowest BCUT2D eigenvalue weighted by Crippen LogP contribution is -2.45. The summed E-state index contributed by atoms with van der Waals surface area (Å²) in [6.07, 6.45) is 1.60. The third-order valence-electron chi connectivity index (χ3n) is 5.40. The zero-order valence-corrected chi connectivity index (χ0v) is 18.0. The topological polar surface area (TPSA) is 48.5 Å². The van der Waals surface area contributed by atoms with Crippen molar-refractivity contribution >= 4 is 22.9 Å². The molecule has 1 N–H and O–H groups in total. The molecule has 4 rings (SSSR count). The molecule has 1 aliphatic heterocycles. The molecule has 1 saturated heterocycles. The Morgan fingerprint density at radius 2 is 1.87 bits per heavy atom. The Balaban J connectivity index is 1.51. The fraction of sp³-hybridized carbons (Fsp3) is 0.304. The van der Waals surface area contributed by atoms with Crippen molar-refractivity contribution in [1.29, 1.82) is 0 Å². The van der Waals surface area contributed by atoms with E-state index in [1.807, 2.05) is 43.3 Å². The van der Waals surface area contributed by atoms with Crippen molar-refractivity contribution in [2.75, 3.05) is 38.1 Å². The monoisotopic (exact) mass is 424 g/mol. The molecule has 2 heterocycles. The number of benzene rings is 2. The van der Waals surface area contributed by atoms with Gasteiger partial charge in [0.2, 0.25) is 0 Å². The van der Waals surface area contributed by atoms with E-state index < -0.39 is 0 Å². The number of carbonyl (C=O) groups excluding carboxylic acids is 1. The zero-order valence-electron chi connectivity index (χ0n) is 17.1. The first-order valence-corrected chi connectivity index (χ1v) is 10.9. The molecule has 0 spiro atoms. The highest BCUT2D eigenvalue weighted by Gasteiger charge is 2.22. The fourth-order valence-electron chi connectivity index (χ4n) is 3.65. The van der Waals surface area contributed by atoms with Crippen LogP contribution in [0.15, 0.2) is 54.7 Å². The molecule has 0 bridgehead atoms. The molecular weight excluding hydrogens is 399 g/mol. The van der Waals surface area contributed by atoms with Crippen LogP contribution in [0.25, 0.3) is 10.6 Å². The predicted molar refractivity (Wildman–Crippen MR) is 120 cm³/mol. The van der Waals surface area contributed by atoms with Gasteiger partial charge in [-0.1, -0.05) is 30.3 Å². The van der Waals surface area contributed by atoms with Gasteiger partial charge in [-0.15, -0.1) is 11.3 Å². The molecule has 1 aliphatic rings. The van der Waals surface area contributed by atoms with E-state index in [1.165, 1.54) is 23.5 Å². The first-order chi connectivity index (χ1) is 14.5. The Morgan fingerprint density at radius 1 is 1.13 bits per heavy atom. The largest absolute Gasteiger partial charge is 0.369 e. The quantitative estimate of drug-likeness (QED) is 0.667. The van der Waals surface area contributed by atoms with Gasteiger partial charge in [-0.2, -0.15) is 0 Å². The van der Waals surface area contributed by atoms with Gasteiger partial charge in [0.1, 0.15) is 15.7 Å². The maximum absolute atomic E-state index is 14.0. The number of rotatable bonds is 5. The summed E-state index contributed by atoms with van der Waals surface area (Å²) in [5.74, 6) is -0.496. The smallest absolute Gasteiger partial charge is 0.263 e. The van der Waals surface area contributed by atoms with Crippen LogP contribution in [0.4, 0.5) is 10.1 Å². The highest BCUT2D eigenvalue weighted by Crippen LogP contribution is 2.29. The van der Waals surface area contributed by atoms with Crippen LogP contribution in [-0.4, -0.2) is 49.0 Å². The van der Waals surface area contributed by atoms with E-state index in [2.05, 4.69) is 27.1 Å². The number of thiazole rings is 1. The SMILES string of the molecule is CC(NC(=O)c1cnc(-c2ccccc2)s1)c1cc(F)ccc1N1CCN(C)CC1. The van der Waals surface area contributed by atoms with Gasteiger partial charge in [-0.3, -0.25) is 4.79 Å². The van der Waals surface area contributed by atoms with Gasteiger partial charge in [-0.25, -0.2) is 9.37 Å². The van der Waals surface area contributed by atoms with E-state index >= 15 is 0 Å². The minimum absolute atomic E-state index is 0.198. The maximum atomic E-state index is 14.0. The van der Waals surface area contributed by atoms with E-state index in [-0.39, 0.29) is 17.8 Å². The molecule has 1 amide bonds. The molecular formula is C23H25FN4OS. The number of hydrogen-bond donors (Lipinski definition) is 1. The first-order valence-electron chi connectivity index (χ1n) is 10.1. The number of piperazine rings is 1. The minimum Gasteiger partial charge on any atom is -0.369 e. The second-order valence-corrected chi connectivity index (χ2v) is 8.61. The normalized spacial score (nSPS) is 15.8. The number of halogens is 1. The van der Waals surface area contributed by atoms with Crippen LogP contribution in [0, 0.1) is 5.82 Å². The van der Waals surface area contributed by atoms with Crippen molar-refractivity contribution in [2.24, 2.45) is 0 Å². The van der Waals surface area contributed by atoms with Crippen LogP contribution >= 0.6 is 11.3 Å². The van der Waals surface area contributed by atoms with Gasteiger partial charge >= 0.3 is 0 Å². The van der Waals surface area contributed by atoms with E-state index in [9.17, 15) is 9.18 Å². The molecule has 3 aromatic rings. The number of anilines is 1. The van der Waals surface area contributed by atoms with Crippen LogP contribution < -0.4 is 10.2 Å². The number of nitrogens with one attached hydrogen (secondary N) is 1. The van der Waals surface area contributed by atoms with Crippen molar-refractivity contribution in [1.82, 2.24) is 15.2 Å². The number of amides is 1. The van der Waals surface area contributed by atoms with Gasteiger partial charge in [0.25, 0.3) is 5.91 Å². The maximum Gasteiger partial charge on any atom is 0.263 e. The Hall–Kier alpha value is -2.77. The second-order valence-electron chi connectivity index (χ2n) is 7.58. The van der Waals surface area contributed by atoms with E-state index in [4.69, 9.17) is 0 Å². The zero-order chi connectivity index (χ0) is 21.1. The van der Waals surface area contributed by atoms with Gasteiger partial charge in [0, 0.05) is 43.0 Å². The highest BCUT2D eigenvalue weighted by atomic mass is 32.1. The molecule has 0 aliphatic carbocycles. The van der Waals surface area contributed by atoms with Crippen LogP contribution in [0.3, 0.4) is 0 Å². The molecule has 0 saturated carbocycles. The number of likely N-dealkylation sites (N-methyl/N-ethyl adjacent to an activating group) is 1. The van der Waals surface area contributed by atoms with Crippen LogP contribution in [0.1, 0.15) is 28.2 Å². The summed E-state index contributed by atoms with van der Waals surface area (Å²) in [5.41, 5.74) is 2.75. The molecule has 2 aromatic carbocycles. The highest BCUT2D eigenvalue weighted by molar-refractivity contribution is 7.16. The Bertz CT molecular complexity index is 1020. The van der Waals surface area contributed by atoms with Gasteiger partial charge < -0.3 is 15.1 Å². The number of nitrogens with zero attached hydrogens (tertiary/aromatic N) is 3. The number of carbonyl (C=O) groups is 1. The Kier molecular flexibility index (Phi) is 6.11. The van der Waals surface area contributed by atoms with E-state index in [1.54, 1.807) is 6.20 Å². The van der Waals surface area contributed by atoms with Crippen molar-refractivity contribution < 1.29 is 9.18 Å². The Labute approximate surface area is 180 Å². The minimum atomic E-state index is -0.329. The third-order valence-corrected chi connectivity index (χ3v) is 6.44. The summed E-state index contributed by atoms with van der Waals surface area (Å²) in [6, 6.07) is 14.3. The average molecular weight is 425 g/mol. The molecule has 0 radical (unpaired) electrons. The lowest BCUT2D eigenvalue weighted by atomic mass is 10.0. The number of hydrogen-bond acceptors (Lipinski definition) is 5. The van der Waals surface area contributed by atoms with Crippen molar-refractivity contribution in [3.63, 3.8) is 0 Å². The molecule has 1 fully saturated rings. The average Bonchev–Trinajstić information content (AvgIpc) is 3.25. The van der Waals surface area contributed by atoms with Gasteiger partial charge in [-0.05, 0) is 32.2 Å². The van der Waals surface area contributed by atoms with Gasteiger partial charge in [0.05, 0.1) is 12.2 Å².